The number of H-pyrrole nitrogens is 1. The van der Waals surface area contributed by atoms with Crippen molar-refractivity contribution in [1.29, 1.82) is 0 Å². The van der Waals surface area contributed by atoms with Gasteiger partial charge in [0, 0.05) is 36.4 Å². The number of hydrogen-bond donors (Lipinski definition) is 1. The predicted molar refractivity (Wildman–Crippen MR) is 79.8 cm³/mol. The molecule has 1 aliphatic rings. The number of aromatic nitrogens is 3. The molecule has 1 fully saturated rings. The molecule has 0 unspecified atom stereocenters. The number of pyridine rings is 2. The Hall–Kier alpha value is -2.69. The topological polar surface area (TPSA) is 61.9 Å². The molecule has 104 valence electrons. The molecular formula is C16H14N4O. The molecule has 0 bridgehead atoms. The Bertz CT molecular complexity index is 806. The Morgan fingerprint density at radius 3 is 2.67 bits per heavy atom. The van der Waals surface area contributed by atoms with Gasteiger partial charge in [-0.25, -0.2) is 4.98 Å². The van der Waals surface area contributed by atoms with Crippen LogP contribution in [0.25, 0.3) is 22.3 Å². The molecule has 1 saturated heterocycles. The lowest BCUT2D eigenvalue weighted by atomic mass is 10.1. The first-order valence-electron chi connectivity index (χ1n) is 7.01. The second-order valence-electron chi connectivity index (χ2n) is 5.20. The number of aromatic amines is 1. The highest BCUT2D eigenvalue weighted by atomic mass is 16.2. The highest BCUT2D eigenvalue weighted by Gasteiger charge is 2.23. The predicted octanol–water partition coefficient (Wildman–Crippen LogP) is 2.47. The van der Waals surface area contributed by atoms with Crippen molar-refractivity contribution in [3.8, 4) is 11.3 Å². The molecule has 5 heteroatoms. The second kappa shape index (κ2) is 4.70. The lowest BCUT2D eigenvalue weighted by Gasteiger charge is -2.30. The molecule has 0 aromatic carbocycles. The number of carbonyl (C=O) groups is 1. The van der Waals surface area contributed by atoms with Crippen LogP contribution in [0.3, 0.4) is 0 Å². The average molecular weight is 278 g/mol. The van der Waals surface area contributed by atoms with Crippen LogP contribution in [0.15, 0.2) is 42.7 Å². The molecule has 1 amide bonds. The van der Waals surface area contributed by atoms with E-state index < -0.39 is 0 Å². The highest BCUT2D eigenvalue weighted by Crippen LogP contribution is 2.22. The zero-order valence-corrected chi connectivity index (χ0v) is 11.4. The molecule has 4 heterocycles. The summed E-state index contributed by atoms with van der Waals surface area (Å²) in [6.07, 6.45) is 4.58. The number of amides is 1. The summed E-state index contributed by atoms with van der Waals surface area (Å²) in [6.45, 7) is 1.70. The van der Waals surface area contributed by atoms with E-state index in [1.165, 1.54) is 0 Å². The fourth-order valence-corrected chi connectivity index (χ4v) is 2.49. The van der Waals surface area contributed by atoms with E-state index in [0.29, 0.717) is 5.69 Å². The average Bonchev–Trinajstić information content (AvgIpc) is 2.89. The van der Waals surface area contributed by atoms with E-state index in [1.54, 1.807) is 12.4 Å². The monoisotopic (exact) mass is 278 g/mol. The van der Waals surface area contributed by atoms with Gasteiger partial charge in [0.25, 0.3) is 5.91 Å². The van der Waals surface area contributed by atoms with Gasteiger partial charge >= 0.3 is 0 Å². The van der Waals surface area contributed by atoms with Crippen molar-refractivity contribution in [2.45, 2.75) is 6.42 Å². The number of rotatable bonds is 2. The van der Waals surface area contributed by atoms with Gasteiger partial charge in [0.2, 0.25) is 0 Å². The van der Waals surface area contributed by atoms with Gasteiger partial charge in [0.15, 0.2) is 0 Å². The molecule has 3 aromatic rings. The van der Waals surface area contributed by atoms with Crippen LogP contribution >= 0.6 is 0 Å². The van der Waals surface area contributed by atoms with Crippen LogP contribution in [0.4, 0.5) is 0 Å². The molecule has 0 aliphatic carbocycles. The SMILES string of the molecule is O=C(c1cc2ccc(-c3ccncc3)nc2[nH]1)N1CCC1. The van der Waals surface area contributed by atoms with Gasteiger partial charge in [-0.15, -0.1) is 0 Å². The zero-order chi connectivity index (χ0) is 14.2. The lowest BCUT2D eigenvalue weighted by molar-refractivity contribution is 0.0646. The van der Waals surface area contributed by atoms with E-state index in [1.807, 2.05) is 35.2 Å². The summed E-state index contributed by atoms with van der Waals surface area (Å²) in [4.78, 5) is 25.8. The standard InChI is InChI=1S/C16H14N4O/c21-16(20-8-1-9-20)14-10-12-2-3-13(18-15(12)19-14)11-4-6-17-7-5-11/h2-7,10H,1,8-9H2,(H,18,19). The van der Waals surface area contributed by atoms with Crippen LogP contribution < -0.4 is 0 Å². The number of hydrogen-bond acceptors (Lipinski definition) is 3. The number of likely N-dealkylation sites (tertiary alicyclic amines) is 1. The van der Waals surface area contributed by atoms with Gasteiger partial charge in [0.1, 0.15) is 11.3 Å². The van der Waals surface area contributed by atoms with Crippen LogP contribution in [-0.4, -0.2) is 38.8 Å². The highest BCUT2D eigenvalue weighted by molar-refractivity contribution is 5.97. The Morgan fingerprint density at radius 2 is 1.95 bits per heavy atom. The van der Waals surface area contributed by atoms with Crippen molar-refractivity contribution in [1.82, 2.24) is 19.9 Å². The van der Waals surface area contributed by atoms with Gasteiger partial charge in [-0.2, -0.15) is 0 Å². The van der Waals surface area contributed by atoms with E-state index in [2.05, 4.69) is 15.0 Å². The fourth-order valence-electron chi connectivity index (χ4n) is 2.49. The van der Waals surface area contributed by atoms with Crippen molar-refractivity contribution in [2.24, 2.45) is 0 Å². The first-order chi connectivity index (χ1) is 10.3. The third-order valence-corrected chi connectivity index (χ3v) is 3.83. The normalized spacial score (nSPS) is 14.2. The van der Waals surface area contributed by atoms with E-state index in [0.717, 1.165) is 41.8 Å². The lowest BCUT2D eigenvalue weighted by Crippen LogP contribution is -2.42. The molecule has 0 spiro atoms. The van der Waals surface area contributed by atoms with Crippen LogP contribution in [0.1, 0.15) is 16.9 Å². The molecule has 4 rings (SSSR count). The molecule has 0 saturated carbocycles. The van der Waals surface area contributed by atoms with Crippen molar-refractivity contribution < 1.29 is 4.79 Å². The summed E-state index contributed by atoms with van der Waals surface area (Å²) in [5.41, 5.74) is 3.24. The minimum absolute atomic E-state index is 0.0599. The van der Waals surface area contributed by atoms with E-state index in [4.69, 9.17) is 0 Å². The van der Waals surface area contributed by atoms with Crippen LogP contribution in [0, 0.1) is 0 Å². The van der Waals surface area contributed by atoms with Gasteiger partial charge in [-0.3, -0.25) is 9.78 Å². The number of nitrogens with zero attached hydrogens (tertiary/aromatic N) is 3. The van der Waals surface area contributed by atoms with Gasteiger partial charge in [-0.05, 0) is 36.8 Å². The summed E-state index contributed by atoms with van der Waals surface area (Å²) < 4.78 is 0. The van der Waals surface area contributed by atoms with Crippen molar-refractivity contribution >= 4 is 16.9 Å². The molecule has 1 N–H and O–H groups in total. The summed E-state index contributed by atoms with van der Waals surface area (Å²) in [7, 11) is 0. The first-order valence-corrected chi connectivity index (χ1v) is 7.01. The van der Waals surface area contributed by atoms with Crippen LogP contribution in [-0.2, 0) is 0 Å². The Balaban J connectivity index is 1.73. The Morgan fingerprint density at radius 1 is 1.14 bits per heavy atom. The molecular weight excluding hydrogens is 264 g/mol. The summed E-state index contributed by atoms with van der Waals surface area (Å²) >= 11 is 0. The maximum atomic E-state index is 12.2. The quantitative estimate of drug-likeness (QED) is 0.783. The molecule has 3 aromatic heterocycles. The smallest absolute Gasteiger partial charge is 0.270 e. The fraction of sp³-hybridized carbons (Fsp3) is 0.188. The summed E-state index contributed by atoms with van der Waals surface area (Å²) in [5.74, 6) is 0.0599. The first kappa shape index (κ1) is 12.1. The molecule has 1 aliphatic heterocycles. The van der Waals surface area contributed by atoms with E-state index in [9.17, 15) is 4.79 Å². The number of fused-ring (bicyclic) bond motifs is 1. The van der Waals surface area contributed by atoms with E-state index in [-0.39, 0.29) is 5.91 Å². The van der Waals surface area contributed by atoms with E-state index >= 15 is 0 Å². The minimum Gasteiger partial charge on any atom is -0.337 e. The largest absolute Gasteiger partial charge is 0.337 e. The third kappa shape index (κ3) is 2.07. The Kier molecular flexibility index (Phi) is 2.70. The van der Waals surface area contributed by atoms with Crippen molar-refractivity contribution in [2.75, 3.05) is 13.1 Å². The van der Waals surface area contributed by atoms with Crippen molar-refractivity contribution in [3.05, 3.63) is 48.4 Å². The molecule has 5 nitrogen and oxygen atoms in total. The summed E-state index contributed by atoms with van der Waals surface area (Å²) in [6, 6.07) is 9.66. The van der Waals surface area contributed by atoms with Crippen molar-refractivity contribution in [3.63, 3.8) is 0 Å². The minimum atomic E-state index is 0.0599. The summed E-state index contributed by atoms with van der Waals surface area (Å²) in [5, 5.41) is 0.955. The van der Waals surface area contributed by atoms with Crippen LogP contribution in [0.5, 0.6) is 0 Å². The van der Waals surface area contributed by atoms with Crippen LogP contribution in [0.2, 0.25) is 0 Å². The van der Waals surface area contributed by atoms with Gasteiger partial charge in [-0.1, -0.05) is 0 Å². The molecule has 21 heavy (non-hydrogen) atoms. The second-order valence-corrected chi connectivity index (χ2v) is 5.20. The van der Waals surface area contributed by atoms with Gasteiger partial charge in [0.05, 0.1) is 5.69 Å². The number of carbonyl (C=O) groups excluding carboxylic acids is 1. The molecule has 0 radical (unpaired) electrons. The van der Waals surface area contributed by atoms with Gasteiger partial charge < -0.3 is 9.88 Å². The third-order valence-electron chi connectivity index (χ3n) is 3.83. The Labute approximate surface area is 121 Å². The maximum absolute atomic E-state index is 12.2. The maximum Gasteiger partial charge on any atom is 0.270 e. The zero-order valence-electron chi connectivity index (χ0n) is 11.4. The number of nitrogens with one attached hydrogen (secondary N) is 1. The molecule has 0 atom stereocenters.